The van der Waals surface area contributed by atoms with Crippen LogP contribution in [-0.2, 0) is 6.54 Å². The van der Waals surface area contributed by atoms with Gasteiger partial charge in [-0.3, -0.25) is 4.90 Å². The van der Waals surface area contributed by atoms with E-state index in [1.807, 2.05) is 18.2 Å². The Bertz CT molecular complexity index is 679. The maximum absolute atomic E-state index is 10.1. The topological polar surface area (TPSA) is 48.2 Å². The van der Waals surface area contributed by atoms with Crippen molar-refractivity contribution in [3.8, 4) is 5.75 Å². The maximum atomic E-state index is 10.1. The third kappa shape index (κ3) is 4.53. The number of azo groups is 1. The molecule has 0 bridgehead atoms. The number of nitrogens with zero attached hydrogens (tertiary/aromatic N) is 3. The Labute approximate surface area is 141 Å². The molecular weight excluding hydrogens is 310 g/mol. The summed E-state index contributed by atoms with van der Waals surface area (Å²) in [5, 5.41) is 19.2. The molecule has 1 fully saturated rings. The monoisotopic (exact) mass is 329 g/mol. The molecule has 0 amide bonds. The molecule has 2 aromatic carbocycles. The molecule has 0 aromatic heterocycles. The van der Waals surface area contributed by atoms with Gasteiger partial charge >= 0.3 is 0 Å². The minimum absolute atomic E-state index is 0.320. The molecule has 23 heavy (non-hydrogen) atoms. The van der Waals surface area contributed by atoms with Gasteiger partial charge in [0, 0.05) is 17.1 Å². The number of likely N-dealkylation sites (tertiary alicyclic amines) is 1. The molecule has 0 spiro atoms. The number of aromatic hydroxyl groups is 1. The van der Waals surface area contributed by atoms with Crippen molar-refractivity contribution in [3.63, 3.8) is 0 Å². The predicted molar refractivity (Wildman–Crippen MR) is 92.9 cm³/mol. The summed E-state index contributed by atoms with van der Waals surface area (Å²) in [5.41, 5.74) is 2.39. The van der Waals surface area contributed by atoms with Gasteiger partial charge in [0.1, 0.15) is 5.75 Å². The molecule has 1 aliphatic rings. The summed E-state index contributed by atoms with van der Waals surface area (Å²) < 4.78 is 0. The van der Waals surface area contributed by atoms with Crippen LogP contribution in [0.5, 0.6) is 5.75 Å². The highest BCUT2D eigenvalue weighted by atomic mass is 35.5. The van der Waals surface area contributed by atoms with E-state index >= 15 is 0 Å². The van der Waals surface area contributed by atoms with E-state index in [1.54, 1.807) is 24.3 Å². The smallest absolute Gasteiger partial charge is 0.120 e. The lowest BCUT2D eigenvalue weighted by atomic mass is 10.1. The van der Waals surface area contributed by atoms with Gasteiger partial charge in [-0.15, -0.1) is 0 Å². The van der Waals surface area contributed by atoms with Gasteiger partial charge in [0.2, 0.25) is 0 Å². The number of phenolic OH excluding ortho intramolecular Hbond substituents is 1. The molecule has 1 aliphatic heterocycles. The average Bonchev–Trinajstić information content (AvgIpc) is 2.58. The van der Waals surface area contributed by atoms with E-state index in [9.17, 15) is 5.11 Å². The van der Waals surface area contributed by atoms with Crippen molar-refractivity contribution in [1.29, 1.82) is 0 Å². The highest BCUT2D eigenvalue weighted by Crippen LogP contribution is 2.27. The standard InChI is InChI=1S/C18H20ClN3O/c19-15-4-6-16(7-5-15)20-21-17-8-9-18(23)14(12-17)13-22-10-2-1-3-11-22/h4-9,12,23H,1-3,10-11,13H2. The van der Waals surface area contributed by atoms with Gasteiger partial charge in [0.05, 0.1) is 11.4 Å². The first-order valence-corrected chi connectivity index (χ1v) is 8.30. The Balaban J connectivity index is 1.72. The van der Waals surface area contributed by atoms with Crippen LogP contribution in [0.4, 0.5) is 11.4 Å². The fourth-order valence-electron chi connectivity index (χ4n) is 2.74. The minimum Gasteiger partial charge on any atom is -0.508 e. The Morgan fingerprint density at radius 3 is 2.30 bits per heavy atom. The molecule has 0 saturated carbocycles. The second-order valence-corrected chi connectivity index (χ2v) is 6.26. The van der Waals surface area contributed by atoms with Crippen LogP contribution in [0.15, 0.2) is 52.7 Å². The maximum Gasteiger partial charge on any atom is 0.120 e. The van der Waals surface area contributed by atoms with E-state index < -0.39 is 0 Å². The zero-order valence-corrected chi connectivity index (χ0v) is 13.7. The van der Waals surface area contributed by atoms with Crippen molar-refractivity contribution in [3.05, 3.63) is 53.1 Å². The van der Waals surface area contributed by atoms with E-state index in [0.717, 1.165) is 36.6 Å². The first kappa shape index (κ1) is 16.0. The van der Waals surface area contributed by atoms with E-state index in [-0.39, 0.29) is 0 Å². The summed E-state index contributed by atoms with van der Waals surface area (Å²) in [6, 6.07) is 12.6. The Morgan fingerprint density at radius 2 is 1.57 bits per heavy atom. The first-order chi connectivity index (χ1) is 11.2. The van der Waals surface area contributed by atoms with Gasteiger partial charge in [0.25, 0.3) is 0 Å². The van der Waals surface area contributed by atoms with Crippen LogP contribution < -0.4 is 0 Å². The largest absolute Gasteiger partial charge is 0.508 e. The van der Waals surface area contributed by atoms with Gasteiger partial charge in [-0.05, 0) is 68.4 Å². The molecule has 0 aliphatic carbocycles. The normalized spacial score (nSPS) is 16.0. The first-order valence-electron chi connectivity index (χ1n) is 7.92. The molecule has 2 aromatic rings. The van der Waals surface area contributed by atoms with Crippen LogP contribution in [0.1, 0.15) is 24.8 Å². The van der Waals surface area contributed by atoms with Gasteiger partial charge in [-0.1, -0.05) is 18.0 Å². The van der Waals surface area contributed by atoms with Crippen molar-refractivity contribution in [2.24, 2.45) is 10.2 Å². The van der Waals surface area contributed by atoms with Gasteiger partial charge in [-0.2, -0.15) is 10.2 Å². The Kier molecular flexibility index (Phi) is 5.26. The lowest BCUT2D eigenvalue weighted by Crippen LogP contribution is -2.29. The molecule has 120 valence electrons. The molecule has 1 saturated heterocycles. The Hall–Kier alpha value is -1.91. The van der Waals surface area contributed by atoms with E-state index in [2.05, 4.69) is 15.1 Å². The third-order valence-corrected chi connectivity index (χ3v) is 4.27. The molecule has 3 rings (SSSR count). The number of benzene rings is 2. The molecular formula is C18H20ClN3O. The van der Waals surface area contributed by atoms with Crippen LogP contribution in [0, 0.1) is 0 Å². The van der Waals surface area contributed by atoms with E-state index in [1.165, 1.54) is 19.3 Å². The van der Waals surface area contributed by atoms with Crippen LogP contribution in [-0.4, -0.2) is 23.1 Å². The second-order valence-electron chi connectivity index (χ2n) is 5.83. The number of rotatable bonds is 4. The highest BCUT2D eigenvalue weighted by molar-refractivity contribution is 6.30. The van der Waals surface area contributed by atoms with Gasteiger partial charge in [-0.25, -0.2) is 0 Å². The summed E-state index contributed by atoms with van der Waals surface area (Å²) in [4.78, 5) is 2.37. The summed E-state index contributed by atoms with van der Waals surface area (Å²) >= 11 is 5.85. The zero-order chi connectivity index (χ0) is 16.1. The predicted octanol–water partition coefficient (Wildman–Crippen LogP) is 5.45. The molecule has 4 nitrogen and oxygen atoms in total. The van der Waals surface area contributed by atoms with Crippen molar-refractivity contribution in [1.82, 2.24) is 4.90 Å². The van der Waals surface area contributed by atoms with Crippen molar-refractivity contribution < 1.29 is 5.11 Å². The van der Waals surface area contributed by atoms with Crippen LogP contribution >= 0.6 is 11.6 Å². The lowest BCUT2D eigenvalue weighted by molar-refractivity contribution is 0.218. The number of halogens is 1. The van der Waals surface area contributed by atoms with Gasteiger partial charge in [0.15, 0.2) is 0 Å². The number of hydrogen-bond donors (Lipinski definition) is 1. The molecule has 1 heterocycles. The summed E-state index contributed by atoms with van der Waals surface area (Å²) in [5.74, 6) is 0.320. The number of hydrogen-bond acceptors (Lipinski definition) is 4. The number of piperidine rings is 1. The van der Waals surface area contributed by atoms with E-state index in [0.29, 0.717) is 10.8 Å². The lowest BCUT2D eigenvalue weighted by Gasteiger charge is -2.26. The van der Waals surface area contributed by atoms with Gasteiger partial charge < -0.3 is 5.11 Å². The molecule has 0 unspecified atom stereocenters. The third-order valence-electron chi connectivity index (χ3n) is 4.01. The molecule has 0 radical (unpaired) electrons. The SMILES string of the molecule is Oc1ccc(N=Nc2ccc(Cl)cc2)cc1CN1CCCCC1. The summed E-state index contributed by atoms with van der Waals surface area (Å²) in [6.45, 7) is 2.95. The quantitative estimate of drug-likeness (QED) is 0.758. The molecule has 0 atom stereocenters. The summed E-state index contributed by atoms with van der Waals surface area (Å²) in [6.07, 6.45) is 3.77. The fraction of sp³-hybridized carbons (Fsp3) is 0.333. The Morgan fingerprint density at radius 1 is 0.913 bits per heavy atom. The highest BCUT2D eigenvalue weighted by Gasteiger charge is 2.12. The molecule has 1 N–H and O–H groups in total. The molecule has 5 heteroatoms. The average molecular weight is 330 g/mol. The number of phenols is 1. The van der Waals surface area contributed by atoms with Crippen molar-refractivity contribution in [2.45, 2.75) is 25.8 Å². The fourth-order valence-corrected chi connectivity index (χ4v) is 2.87. The minimum atomic E-state index is 0.320. The van der Waals surface area contributed by atoms with E-state index in [4.69, 9.17) is 11.6 Å². The van der Waals surface area contributed by atoms with Crippen LogP contribution in [0.3, 0.4) is 0 Å². The zero-order valence-electron chi connectivity index (χ0n) is 13.0. The van der Waals surface area contributed by atoms with Crippen LogP contribution in [0.2, 0.25) is 5.02 Å². The second kappa shape index (κ2) is 7.57. The van der Waals surface area contributed by atoms with Crippen molar-refractivity contribution in [2.75, 3.05) is 13.1 Å². The summed E-state index contributed by atoms with van der Waals surface area (Å²) in [7, 11) is 0. The van der Waals surface area contributed by atoms with Crippen molar-refractivity contribution >= 4 is 23.0 Å². The van der Waals surface area contributed by atoms with Crippen LogP contribution in [0.25, 0.3) is 0 Å².